The van der Waals surface area contributed by atoms with Crippen LogP contribution in [0.15, 0.2) is 0 Å². The van der Waals surface area contributed by atoms with Crippen LogP contribution in [0.2, 0.25) is 0 Å². The summed E-state index contributed by atoms with van der Waals surface area (Å²) in [5.74, 6) is 0. The summed E-state index contributed by atoms with van der Waals surface area (Å²) in [6.07, 6.45) is 5.11. The Hall–Kier alpha value is 0.270. The molecule has 0 aliphatic rings. The highest BCUT2D eigenvalue weighted by Crippen LogP contribution is 1.99. The molecule has 0 heterocycles. The molecule has 13 heavy (non-hydrogen) atoms. The van der Waals surface area contributed by atoms with Crippen LogP contribution in [-0.2, 0) is 4.18 Å². The van der Waals surface area contributed by atoms with Crippen molar-refractivity contribution in [1.82, 2.24) is 4.90 Å². The van der Waals surface area contributed by atoms with Crippen LogP contribution in [0.4, 0.5) is 0 Å². The standard InChI is InChI=1S/C10H23NOS/c1-3-5-7-11(8-6-4-2)9-10-12-13/h13H,3-10H2,1-2H3. The number of rotatable bonds is 9. The van der Waals surface area contributed by atoms with Crippen LogP contribution in [0.25, 0.3) is 0 Å². The van der Waals surface area contributed by atoms with Gasteiger partial charge in [-0.25, -0.2) is 0 Å². The molecule has 0 N–H and O–H groups in total. The molecule has 0 spiro atoms. The maximum atomic E-state index is 4.79. The van der Waals surface area contributed by atoms with Gasteiger partial charge in [0.2, 0.25) is 0 Å². The number of unbranched alkanes of at least 4 members (excludes halogenated alkanes) is 2. The Morgan fingerprint density at radius 1 is 1.00 bits per heavy atom. The maximum Gasteiger partial charge on any atom is 0.0737 e. The van der Waals surface area contributed by atoms with Crippen molar-refractivity contribution in [2.75, 3.05) is 26.2 Å². The molecule has 0 aliphatic carbocycles. The highest BCUT2D eigenvalue weighted by molar-refractivity contribution is 7.75. The first kappa shape index (κ1) is 13.3. The predicted molar refractivity (Wildman–Crippen MR) is 61.2 cm³/mol. The number of hydrogen-bond acceptors (Lipinski definition) is 3. The minimum atomic E-state index is 0.733. The van der Waals surface area contributed by atoms with Gasteiger partial charge in [0.25, 0.3) is 0 Å². The summed E-state index contributed by atoms with van der Waals surface area (Å²) in [4.78, 5) is 2.46. The second-order valence-corrected chi connectivity index (χ2v) is 3.64. The molecule has 0 saturated heterocycles. The van der Waals surface area contributed by atoms with Crippen LogP contribution in [0.1, 0.15) is 39.5 Å². The molecule has 0 saturated carbocycles. The zero-order valence-corrected chi connectivity index (χ0v) is 9.85. The molecule has 3 heteroatoms. The van der Waals surface area contributed by atoms with E-state index in [0.29, 0.717) is 0 Å². The van der Waals surface area contributed by atoms with Crippen LogP contribution < -0.4 is 0 Å². The molecule has 0 unspecified atom stereocenters. The predicted octanol–water partition coefficient (Wildman–Crippen LogP) is 2.75. The summed E-state index contributed by atoms with van der Waals surface area (Å²) in [7, 11) is 0. The van der Waals surface area contributed by atoms with E-state index in [0.717, 1.165) is 13.2 Å². The fourth-order valence-corrected chi connectivity index (χ4v) is 1.35. The molecular weight excluding hydrogens is 182 g/mol. The van der Waals surface area contributed by atoms with E-state index in [-0.39, 0.29) is 0 Å². The van der Waals surface area contributed by atoms with Gasteiger partial charge in [-0.05, 0) is 38.8 Å². The summed E-state index contributed by atoms with van der Waals surface area (Å²) >= 11 is 3.75. The zero-order chi connectivity index (χ0) is 9.94. The van der Waals surface area contributed by atoms with E-state index in [1.807, 2.05) is 0 Å². The van der Waals surface area contributed by atoms with Gasteiger partial charge >= 0.3 is 0 Å². The minimum Gasteiger partial charge on any atom is -0.317 e. The van der Waals surface area contributed by atoms with Crippen LogP contribution in [0, 0.1) is 0 Å². The molecule has 0 rings (SSSR count). The lowest BCUT2D eigenvalue weighted by Crippen LogP contribution is -2.29. The van der Waals surface area contributed by atoms with Gasteiger partial charge in [0.05, 0.1) is 6.61 Å². The third-order valence-electron chi connectivity index (χ3n) is 2.15. The molecule has 0 aromatic rings. The van der Waals surface area contributed by atoms with Crippen LogP contribution >= 0.6 is 12.9 Å². The molecule has 0 fully saturated rings. The Kier molecular flexibility index (Phi) is 10.6. The van der Waals surface area contributed by atoms with Crippen LogP contribution in [-0.4, -0.2) is 31.1 Å². The lowest BCUT2D eigenvalue weighted by Gasteiger charge is -2.20. The molecule has 0 atom stereocenters. The van der Waals surface area contributed by atoms with E-state index in [1.54, 1.807) is 0 Å². The average Bonchev–Trinajstić information content (AvgIpc) is 2.17. The molecule has 80 valence electrons. The van der Waals surface area contributed by atoms with Gasteiger partial charge in [0.1, 0.15) is 0 Å². The number of thiol groups is 1. The lowest BCUT2D eigenvalue weighted by atomic mass is 10.2. The van der Waals surface area contributed by atoms with E-state index >= 15 is 0 Å². The highest BCUT2D eigenvalue weighted by Gasteiger charge is 2.02. The molecular formula is C10H23NOS. The fourth-order valence-electron chi connectivity index (χ4n) is 1.27. The van der Waals surface area contributed by atoms with E-state index in [1.165, 1.54) is 38.8 Å². The highest BCUT2D eigenvalue weighted by atomic mass is 32.1. The number of hydrogen-bond donors (Lipinski definition) is 1. The monoisotopic (exact) mass is 205 g/mol. The smallest absolute Gasteiger partial charge is 0.0737 e. The second kappa shape index (κ2) is 10.4. The SMILES string of the molecule is CCCCN(CCCC)CCOS. The summed E-state index contributed by atoms with van der Waals surface area (Å²) in [5.41, 5.74) is 0. The Labute approximate surface area is 88.3 Å². The summed E-state index contributed by atoms with van der Waals surface area (Å²) < 4.78 is 4.79. The van der Waals surface area contributed by atoms with Crippen molar-refractivity contribution in [3.63, 3.8) is 0 Å². The molecule has 0 bridgehead atoms. The largest absolute Gasteiger partial charge is 0.317 e. The normalized spacial score (nSPS) is 11.1. The first-order valence-corrected chi connectivity index (χ1v) is 5.70. The second-order valence-electron chi connectivity index (χ2n) is 3.38. The van der Waals surface area contributed by atoms with E-state index < -0.39 is 0 Å². The lowest BCUT2D eigenvalue weighted by molar-refractivity contribution is 0.221. The molecule has 0 aromatic heterocycles. The Balaban J connectivity index is 3.47. The van der Waals surface area contributed by atoms with Crippen molar-refractivity contribution in [1.29, 1.82) is 0 Å². The Morgan fingerprint density at radius 3 is 1.92 bits per heavy atom. The molecule has 0 aromatic carbocycles. The Bertz CT molecular complexity index is 81.9. The topological polar surface area (TPSA) is 12.5 Å². The van der Waals surface area contributed by atoms with Crippen molar-refractivity contribution in [2.45, 2.75) is 39.5 Å². The molecule has 0 radical (unpaired) electrons. The average molecular weight is 205 g/mol. The van der Waals surface area contributed by atoms with Crippen molar-refractivity contribution >= 4 is 12.9 Å². The Morgan fingerprint density at radius 2 is 1.54 bits per heavy atom. The first-order chi connectivity index (χ1) is 6.35. The van der Waals surface area contributed by atoms with Gasteiger partial charge in [0.15, 0.2) is 0 Å². The van der Waals surface area contributed by atoms with Crippen molar-refractivity contribution in [2.24, 2.45) is 0 Å². The van der Waals surface area contributed by atoms with Crippen molar-refractivity contribution in [3.8, 4) is 0 Å². The summed E-state index contributed by atoms with van der Waals surface area (Å²) in [5, 5.41) is 0. The van der Waals surface area contributed by atoms with Gasteiger partial charge in [-0.1, -0.05) is 26.7 Å². The third kappa shape index (κ3) is 8.60. The van der Waals surface area contributed by atoms with E-state index in [4.69, 9.17) is 4.18 Å². The van der Waals surface area contributed by atoms with Gasteiger partial charge in [-0.15, -0.1) is 0 Å². The fraction of sp³-hybridized carbons (Fsp3) is 1.00. The van der Waals surface area contributed by atoms with E-state index in [2.05, 4.69) is 31.7 Å². The van der Waals surface area contributed by atoms with Gasteiger partial charge in [0, 0.05) is 6.54 Å². The number of nitrogens with zero attached hydrogens (tertiary/aromatic N) is 1. The summed E-state index contributed by atoms with van der Waals surface area (Å²) in [6.45, 7) is 8.61. The van der Waals surface area contributed by atoms with Crippen LogP contribution in [0.3, 0.4) is 0 Å². The molecule has 0 aliphatic heterocycles. The van der Waals surface area contributed by atoms with Gasteiger partial charge < -0.3 is 9.08 Å². The minimum absolute atomic E-state index is 0.733. The summed E-state index contributed by atoms with van der Waals surface area (Å²) in [6, 6.07) is 0. The van der Waals surface area contributed by atoms with Gasteiger partial charge in [-0.3, -0.25) is 0 Å². The van der Waals surface area contributed by atoms with Crippen LogP contribution in [0.5, 0.6) is 0 Å². The zero-order valence-electron chi connectivity index (χ0n) is 8.96. The molecule has 2 nitrogen and oxygen atoms in total. The van der Waals surface area contributed by atoms with Crippen molar-refractivity contribution < 1.29 is 4.18 Å². The van der Waals surface area contributed by atoms with Crippen molar-refractivity contribution in [3.05, 3.63) is 0 Å². The first-order valence-electron chi connectivity index (χ1n) is 5.33. The van der Waals surface area contributed by atoms with E-state index in [9.17, 15) is 0 Å². The van der Waals surface area contributed by atoms with Gasteiger partial charge in [-0.2, -0.15) is 0 Å². The third-order valence-corrected chi connectivity index (χ3v) is 2.34. The quantitative estimate of drug-likeness (QED) is 0.459. The maximum absolute atomic E-state index is 4.79. The molecule has 0 amide bonds.